The van der Waals surface area contributed by atoms with Crippen LogP contribution in [0, 0.1) is 0 Å². The molecule has 0 spiro atoms. The molecule has 0 fully saturated rings. The number of rotatable bonds is 6. The van der Waals surface area contributed by atoms with Crippen LogP contribution in [0.4, 0.5) is 0 Å². The molecule has 0 aromatic heterocycles. The van der Waals surface area contributed by atoms with Crippen molar-refractivity contribution >= 4 is 81.3 Å². The summed E-state index contributed by atoms with van der Waals surface area (Å²) in [6.45, 7) is 6.81. The van der Waals surface area contributed by atoms with Crippen LogP contribution in [0.5, 0.6) is 0 Å². The van der Waals surface area contributed by atoms with Crippen LogP contribution in [0.25, 0.3) is 0 Å². The average Bonchev–Trinajstić information content (AvgIpc) is 3.05. The fourth-order valence-corrected chi connectivity index (χ4v) is 8.97. The largest absolute Gasteiger partial charge is 0.147 e. The van der Waals surface area contributed by atoms with Crippen molar-refractivity contribution in [3.8, 4) is 0 Å². The maximum Gasteiger partial charge on any atom is 0.0379 e. The quantitative estimate of drug-likeness (QED) is 0.117. The molecule has 0 bridgehead atoms. The van der Waals surface area contributed by atoms with Crippen molar-refractivity contribution in [3.63, 3.8) is 0 Å². The van der Waals surface area contributed by atoms with Gasteiger partial charge in [0.1, 0.15) is 0 Å². The van der Waals surface area contributed by atoms with E-state index in [4.69, 9.17) is 0 Å². The molecule has 45 heavy (non-hydrogen) atoms. The van der Waals surface area contributed by atoms with Crippen LogP contribution in [-0.2, 0) is 20.4 Å². The van der Waals surface area contributed by atoms with Gasteiger partial charge in [0.15, 0.2) is 0 Å². The summed E-state index contributed by atoms with van der Waals surface area (Å²) in [7, 11) is -0.772. The van der Waals surface area contributed by atoms with Gasteiger partial charge in [-0.05, 0) is 47.7 Å². The minimum Gasteiger partial charge on any atom is -0.147 e. The van der Waals surface area contributed by atoms with Crippen molar-refractivity contribution in [3.05, 3.63) is 182 Å². The molecule has 0 saturated heterocycles. The van der Waals surface area contributed by atoms with E-state index in [2.05, 4.69) is 202 Å². The van der Waals surface area contributed by atoms with E-state index < -0.39 is 15.8 Å². The summed E-state index contributed by atoms with van der Waals surface area (Å²) in [6.07, 6.45) is 0. The first-order chi connectivity index (χ1) is 20.6. The van der Waals surface area contributed by atoms with Crippen LogP contribution in [-0.4, -0.2) is 8.80 Å². The summed E-state index contributed by atoms with van der Waals surface area (Å²) < 4.78 is 0. The van der Waals surface area contributed by atoms with Gasteiger partial charge in [-0.1, -0.05) is 202 Å². The van der Waals surface area contributed by atoms with Gasteiger partial charge in [-0.15, -0.1) is 24.8 Å². The summed E-state index contributed by atoms with van der Waals surface area (Å²) in [5, 5.41) is 8.39. The van der Waals surface area contributed by atoms with Crippen LogP contribution in [0.2, 0.25) is 19.6 Å². The molecule has 0 saturated carbocycles. The first-order valence-corrected chi connectivity index (χ1v) is 20.0. The van der Waals surface area contributed by atoms with Crippen LogP contribution in [0.15, 0.2) is 182 Å². The van der Waals surface area contributed by atoms with Crippen LogP contribution < -0.4 is 31.8 Å². The number of hydrogen-bond acceptors (Lipinski definition) is 0. The molecule has 0 unspecified atom stereocenters. The van der Waals surface area contributed by atoms with Gasteiger partial charge in [-0.2, -0.15) is 0 Å². The summed E-state index contributed by atoms with van der Waals surface area (Å²) in [5.74, 6) is 0. The monoisotopic (exact) mass is 775 g/mol. The van der Waals surface area contributed by atoms with Crippen molar-refractivity contribution in [2.75, 3.05) is 0 Å². The van der Waals surface area contributed by atoms with Crippen molar-refractivity contribution in [2.24, 2.45) is 0 Å². The Balaban J connectivity index is 0.000000380. The van der Waals surface area contributed by atoms with E-state index in [1.165, 1.54) is 31.8 Å². The summed E-state index contributed by atoms with van der Waals surface area (Å²) in [4.78, 5) is 0. The molecule has 235 valence electrons. The molecule has 0 nitrogen and oxygen atoms in total. The van der Waals surface area contributed by atoms with Crippen molar-refractivity contribution < 1.29 is 20.4 Å². The minimum atomic E-state index is -0.446. The molecule has 1 radical (unpaired) electrons. The van der Waals surface area contributed by atoms with Gasteiger partial charge < -0.3 is 0 Å². The zero-order valence-corrected chi connectivity index (χ0v) is 31.8. The van der Waals surface area contributed by atoms with E-state index >= 15 is 0 Å². The van der Waals surface area contributed by atoms with Gasteiger partial charge in [0, 0.05) is 29.2 Å². The Morgan fingerprint density at radius 1 is 0.289 bits per heavy atom. The molecular weight excluding hydrogens is 736 g/mol. The first kappa shape index (κ1) is 40.7. The SMILES string of the molecule is C[Si](C)C.Cl.Cl.[Pd].c1ccc(P(c2ccccc2)c2ccccc2)cc1.c1ccc(P(c2ccccc2)c2ccccc2)cc1. The Morgan fingerprint density at radius 2 is 0.400 bits per heavy atom. The molecule has 0 heterocycles. The van der Waals surface area contributed by atoms with Gasteiger partial charge in [-0.25, -0.2) is 0 Å². The third kappa shape index (κ3) is 13.5. The maximum absolute atomic E-state index is 2.27. The van der Waals surface area contributed by atoms with Gasteiger partial charge in [0.05, 0.1) is 0 Å². The normalized spacial score (nSPS) is 9.73. The van der Waals surface area contributed by atoms with E-state index in [1.807, 2.05) is 0 Å². The van der Waals surface area contributed by atoms with E-state index in [9.17, 15) is 0 Å². The number of benzene rings is 6. The standard InChI is InChI=1S/2C18H15P.C3H9Si.2ClH.Pd/c2*1-4-10-16(11-5-1)19(17-12-6-2-7-13-17)18-14-8-3-9-15-18;1-4(2)3;;;/h2*1-15H;1-3H3;2*1H;. The van der Waals surface area contributed by atoms with Crippen molar-refractivity contribution in [1.82, 2.24) is 0 Å². The molecule has 0 atom stereocenters. The molecule has 0 amide bonds. The first-order valence-electron chi connectivity index (χ1n) is 14.3. The van der Waals surface area contributed by atoms with Gasteiger partial charge in [0.2, 0.25) is 0 Å². The van der Waals surface area contributed by atoms with E-state index in [0.717, 1.165) is 0 Å². The molecule has 6 rings (SSSR count). The Hall–Kier alpha value is -2.36. The van der Waals surface area contributed by atoms with Gasteiger partial charge >= 0.3 is 0 Å². The van der Waals surface area contributed by atoms with E-state index in [1.54, 1.807) is 0 Å². The summed E-state index contributed by atoms with van der Waals surface area (Å²) in [6, 6.07) is 64.7. The molecule has 6 aromatic rings. The predicted octanol–water partition coefficient (Wildman–Crippen LogP) is 9.10. The fraction of sp³-hybridized carbons (Fsp3) is 0.0769. The third-order valence-corrected chi connectivity index (χ3v) is 11.0. The van der Waals surface area contributed by atoms with Gasteiger partial charge in [0.25, 0.3) is 0 Å². The summed E-state index contributed by atoms with van der Waals surface area (Å²) in [5.41, 5.74) is 0. The van der Waals surface area contributed by atoms with E-state index in [0.29, 0.717) is 0 Å². The second-order valence-corrected chi connectivity index (χ2v) is 17.6. The molecule has 0 aliphatic carbocycles. The topological polar surface area (TPSA) is 0 Å². The smallest absolute Gasteiger partial charge is 0.0379 e. The molecule has 0 N–H and O–H groups in total. The predicted molar refractivity (Wildman–Crippen MR) is 208 cm³/mol. The van der Waals surface area contributed by atoms with Crippen LogP contribution >= 0.6 is 40.7 Å². The zero-order chi connectivity index (χ0) is 29.4. The second-order valence-electron chi connectivity index (χ2n) is 10.2. The average molecular weight is 777 g/mol. The molecular formula is C39H41Cl2P2PdSi. The molecule has 0 aliphatic heterocycles. The Bertz CT molecular complexity index is 1240. The molecule has 6 aromatic carbocycles. The van der Waals surface area contributed by atoms with Gasteiger partial charge in [-0.3, -0.25) is 0 Å². The summed E-state index contributed by atoms with van der Waals surface area (Å²) >= 11 is 0. The molecule has 6 heteroatoms. The van der Waals surface area contributed by atoms with Crippen LogP contribution in [0.1, 0.15) is 0 Å². The third-order valence-electron chi connectivity index (χ3n) is 6.09. The van der Waals surface area contributed by atoms with Crippen molar-refractivity contribution in [1.29, 1.82) is 0 Å². The Labute approximate surface area is 301 Å². The minimum absolute atomic E-state index is 0. The maximum atomic E-state index is 2.27. The zero-order valence-electron chi connectivity index (χ0n) is 25.8. The fourth-order valence-electron chi connectivity index (χ4n) is 4.36. The number of halogens is 2. The number of hydrogen-bond donors (Lipinski definition) is 0. The Kier molecular flexibility index (Phi) is 20.8. The van der Waals surface area contributed by atoms with Crippen LogP contribution in [0.3, 0.4) is 0 Å². The molecule has 0 aliphatic rings. The second kappa shape index (κ2) is 23.0. The Morgan fingerprint density at radius 3 is 0.511 bits per heavy atom. The van der Waals surface area contributed by atoms with E-state index in [-0.39, 0.29) is 54.0 Å². The van der Waals surface area contributed by atoms with Crippen molar-refractivity contribution in [2.45, 2.75) is 19.6 Å².